The highest BCUT2D eigenvalue weighted by atomic mass is 35.5. The molecule has 0 fully saturated rings. The summed E-state index contributed by atoms with van der Waals surface area (Å²) >= 11 is 5.78. The maximum Gasteiger partial charge on any atom is 0.405 e. The molecule has 90 valence electrons. The number of rotatable bonds is 2. The van der Waals surface area contributed by atoms with Crippen LogP contribution in [0.3, 0.4) is 0 Å². The van der Waals surface area contributed by atoms with Crippen molar-refractivity contribution in [3.8, 4) is 0 Å². The average Bonchev–Trinajstić information content (AvgIpc) is 2.08. The Morgan fingerprint density at radius 1 is 1.25 bits per heavy atom. The van der Waals surface area contributed by atoms with E-state index in [0.717, 1.165) is 4.90 Å². The zero-order valence-electron chi connectivity index (χ0n) is 9.06. The number of nitrogens with zero attached hydrogens (tertiary/aromatic N) is 3. The molecule has 0 unspecified atom stereocenters. The lowest BCUT2D eigenvalue weighted by Gasteiger charge is -2.22. The molecule has 0 aliphatic heterocycles. The van der Waals surface area contributed by atoms with Crippen molar-refractivity contribution in [1.29, 1.82) is 0 Å². The summed E-state index contributed by atoms with van der Waals surface area (Å²) < 4.78 is 36.6. The lowest BCUT2D eigenvalue weighted by molar-refractivity contribution is -0.119. The van der Waals surface area contributed by atoms with Gasteiger partial charge in [-0.2, -0.15) is 13.2 Å². The summed E-state index contributed by atoms with van der Waals surface area (Å²) in [6.07, 6.45) is -4.27. The molecule has 0 radical (unpaired) electrons. The van der Waals surface area contributed by atoms with Gasteiger partial charge in [-0.05, 0) is 13.8 Å². The number of aryl methyl sites for hydroxylation is 1. The van der Waals surface area contributed by atoms with Gasteiger partial charge in [-0.1, -0.05) is 11.6 Å². The minimum Gasteiger partial charge on any atom is -0.350 e. The lowest BCUT2D eigenvalue weighted by Crippen LogP contribution is -2.32. The van der Waals surface area contributed by atoms with Crippen molar-refractivity contribution >= 4 is 17.4 Å². The summed E-state index contributed by atoms with van der Waals surface area (Å²) in [5.74, 6) is 0.550. The van der Waals surface area contributed by atoms with Crippen molar-refractivity contribution in [1.82, 2.24) is 9.97 Å². The van der Waals surface area contributed by atoms with E-state index in [1.807, 2.05) is 0 Å². The van der Waals surface area contributed by atoms with Crippen LogP contribution in [0.5, 0.6) is 0 Å². The first kappa shape index (κ1) is 13.0. The number of aromatic nitrogens is 2. The first-order chi connectivity index (χ1) is 7.20. The highest BCUT2D eigenvalue weighted by molar-refractivity contribution is 6.30. The Kier molecular flexibility index (Phi) is 3.62. The fourth-order valence-corrected chi connectivity index (χ4v) is 1.50. The van der Waals surface area contributed by atoms with Crippen molar-refractivity contribution in [2.24, 2.45) is 0 Å². The standard InChI is InChI=1S/C9H11ClF3N3/c1-5-7(10)14-6(2)15-8(5)16(3)4-9(11,12)13/h4H2,1-3H3. The second-order valence-corrected chi connectivity index (χ2v) is 3.84. The largest absolute Gasteiger partial charge is 0.405 e. The van der Waals surface area contributed by atoms with Gasteiger partial charge in [0.2, 0.25) is 0 Å². The van der Waals surface area contributed by atoms with E-state index in [1.165, 1.54) is 7.05 Å². The fourth-order valence-electron chi connectivity index (χ4n) is 1.30. The molecule has 0 atom stereocenters. The van der Waals surface area contributed by atoms with Gasteiger partial charge in [0.15, 0.2) is 0 Å². The second kappa shape index (κ2) is 4.45. The Hall–Kier alpha value is -1.04. The number of alkyl halides is 3. The summed E-state index contributed by atoms with van der Waals surface area (Å²) in [5.41, 5.74) is 0.444. The summed E-state index contributed by atoms with van der Waals surface area (Å²) in [4.78, 5) is 8.82. The van der Waals surface area contributed by atoms with Gasteiger partial charge < -0.3 is 4.90 Å². The molecule has 3 nitrogen and oxygen atoms in total. The summed E-state index contributed by atoms with van der Waals surface area (Å²) in [7, 11) is 1.32. The van der Waals surface area contributed by atoms with Crippen LogP contribution in [0.4, 0.5) is 19.0 Å². The van der Waals surface area contributed by atoms with Crippen molar-refractivity contribution in [3.05, 3.63) is 16.5 Å². The van der Waals surface area contributed by atoms with Crippen LogP contribution < -0.4 is 4.90 Å². The molecular formula is C9H11ClF3N3. The van der Waals surface area contributed by atoms with Gasteiger partial charge in [-0.3, -0.25) is 0 Å². The molecule has 1 rings (SSSR count). The first-order valence-corrected chi connectivity index (χ1v) is 4.87. The minimum absolute atomic E-state index is 0.177. The predicted octanol–water partition coefficient (Wildman–Crippen LogP) is 2.75. The average molecular weight is 254 g/mol. The third kappa shape index (κ3) is 3.23. The Balaban J connectivity index is 3.04. The van der Waals surface area contributed by atoms with E-state index in [0.29, 0.717) is 11.4 Å². The summed E-state index contributed by atoms with van der Waals surface area (Å²) in [5, 5.41) is 0.177. The molecule has 7 heteroatoms. The highest BCUT2D eigenvalue weighted by Gasteiger charge is 2.30. The molecular weight excluding hydrogens is 243 g/mol. The van der Waals surface area contributed by atoms with Gasteiger partial charge in [-0.15, -0.1) is 0 Å². The zero-order chi connectivity index (χ0) is 12.5. The van der Waals surface area contributed by atoms with E-state index in [9.17, 15) is 13.2 Å². The maximum atomic E-state index is 12.2. The van der Waals surface area contributed by atoms with E-state index in [4.69, 9.17) is 11.6 Å². The maximum absolute atomic E-state index is 12.2. The zero-order valence-corrected chi connectivity index (χ0v) is 9.82. The third-order valence-corrected chi connectivity index (χ3v) is 2.32. The Bertz CT molecular complexity index is 392. The molecule has 0 bridgehead atoms. The number of hydrogen-bond acceptors (Lipinski definition) is 3. The molecule has 0 saturated carbocycles. The van der Waals surface area contributed by atoms with Crippen LogP contribution >= 0.6 is 11.6 Å². The smallest absolute Gasteiger partial charge is 0.350 e. The lowest BCUT2D eigenvalue weighted by atomic mass is 10.3. The van der Waals surface area contributed by atoms with Crippen LogP contribution in [-0.4, -0.2) is 29.7 Å². The van der Waals surface area contributed by atoms with E-state index in [-0.39, 0.29) is 11.0 Å². The summed E-state index contributed by atoms with van der Waals surface area (Å²) in [6, 6.07) is 0. The minimum atomic E-state index is -4.27. The molecule has 0 aromatic carbocycles. The first-order valence-electron chi connectivity index (χ1n) is 4.49. The highest BCUT2D eigenvalue weighted by Crippen LogP contribution is 2.25. The Morgan fingerprint density at radius 2 is 1.81 bits per heavy atom. The molecule has 1 aromatic rings. The van der Waals surface area contributed by atoms with Gasteiger partial charge in [0.25, 0.3) is 0 Å². The Morgan fingerprint density at radius 3 is 2.31 bits per heavy atom. The SMILES string of the molecule is Cc1nc(Cl)c(C)c(N(C)CC(F)(F)F)n1. The molecule has 0 spiro atoms. The molecule has 0 aliphatic rings. The normalized spacial score (nSPS) is 11.7. The molecule has 1 heterocycles. The number of hydrogen-bond donors (Lipinski definition) is 0. The molecule has 16 heavy (non-hydrogen) atoms. The van der Waals surface area contributed by atoms with E-state index in [1.54, 1.807) is 13.8 Å². The van der Waals surface area contributed by atoms with Crippen molar-refractivity contribution < 1.29 is 13.2 Å². The quantitative estimate of drug-likeness (QED) is 0.759. The van der Waals surface area contributed by atoms with Crippen LogP contribution in [0.25, 0.3) is 0 Å². The van der Waals surface area contributed by atoms with E-state index < -0.39 is 12.7 Å². The fraction of sp³-hybridized carbons (Fsp3) is 0.556. The molecule has 0 saturated heterocycles. The van der Waals surface area contributed by atoms with Crippen molar-refractivity contribution in [2.75, 3.05) is 18.5 Å². The predicted molar refractivity (Wildman–Crippen MR) is 55.8 cm³/mol. The Labute approximate surface area is 96.3 Å². The van der Waals surface area contributed by atoms with E-state index in [2.05, 4.69) is 9.97 Å². The van der Waals surface area contributed by atoms with Crippen LogP contribution in [-0.2, 0) is 0 Å². The van der Waals surface area contributed by atoms with Crippen molar-refractivity contribution in [3.63, 3.8) is 0 Å². The third-order valence-electron chi connectivity index (χ3n) is 1.95. The molecule has 0 N–H and O–H groups in total. The monoisotopic (exact) mass is 253 g/mol. The van der Waals surface area contributed by atoms with E-state index >= 15 is 0 Å². The van der Waals surface area contributed by atoms with Gasteiger partial charge >= 0.3 is 6.18 Å². The number of halogens is 4. The van der Waals surface area contributed by atoms with Gasteiger partial charge in [0, 0.05) is 12.6 Å². The van der Waals surface area contributed by atoms with Gasteiger partial charge in [0.1, 0.15) is 23.3 Å². The van der Waals surface area contributed by atoms with Crippen LogP contribution in [0.15, 0.2) is 0 Å². The summed E-state index contributed by atoms with van der Waals surface area (Å²) in [6.45, 7) is 2.10. The second-order valence-electron chi connectivity index (χ2n) is 3.48. The number of anilines is 1. The van der Waals surface area contributed by atoms with Crippen LogP contribution in [0.1, 0.15) is 11.4 Å². The van der Waals surface area contributed by atoms with Gasteiger partial charge in [-0.25, -0.2) is 9.97 Å². The van der Waals surface area contributed by atoms with Crippen molar-refractivity contribution in [2.45, 2.75) is 20.0 Å². The topological polar surface area (TPSA) is 29.0 Å². The molecule has 0 amide bonds. The molecule has 1 aromatic heterocycles. The molecule has 0 aliphatic carbocycles. The van der Waals surface area contributed by atoms with Crippen LogP contribution in [0, 0.1) is 13.8 Å². The van der Waals surface area contributed by atoms with Crippen LogP contribution in [0.2, 0.25) is 5.15 Å². The van der Waals surface area contributed by atoms with Gasteiger partial charge in [0.05, 0.1) is 0 Å².